The number of aromatic nitrogens is 1. The summed E-state index contributed by atoms with van der Waals surface area (Å²) in [6, 6.07) is 18.2. The number of hydrogen-bond acceptors (Lipinski definition) is 6. The molecule has 8 heteroatoms. The second-order valence-corrected chi connectivity index (χ2v) is 13.0. The van der Waals surface area contributed by atoms with Crippen LogP contribution in [0.25, 0.3) is 10.9 Å². The smallest absolute Gasteiger partial charge is 0.308 e. The first-order valence-corrected chi connectivity index (χ1v) is 15.1. The largest absolute Gasteiger partial charge is 0.460 e. The van der Waals surface area contributed by atoms with Crippen molar-refractivity contribution in [1.29, 1.82) is 0 Å². The van der Waals surface area contributed by atoms with Crippen LogP contribution in [0, 0.1) is 24.2 Å². The third-order valence-electron chi connectivity index (χ3n) is 7.59. The van der Waals surface area contributed by atoms with Crippen molar-refractivity contribution in [3.8, 4) is 12.3 Å². The van der Waals surface area contributed by atoms with Gasteiger partial charge < -0.3 is 20.8 Å². The number of Topliss-reactive ketones (excluding diaryl/α,β-unsaturated/α-hetero) is 2. The lowest BCUT2D eigenvalue weighted by Crippen LogP contribution is -2.54. The molecule has 0 saturated heterocycles. The number of benzene rings is 2. The molecule has 3 aromatic rings. The number of terminal acetylenes is 1. The Balaban J connectivity index is 1.85. The third kappa shape index (κ3) is 10.2. The molecule has 0 spiro atoms. The van der Waals surface area contributed by atoms with Crippen molar-refractivity contribution in [3.63, 3.8) is 0 Å². The van der Waals surface area contributed by atoms with E-state index in [0.717, 1.165) is 22.2 Å². The average Bonchev–Trinajstić information content (AvgIpc) is 3.35. The molecule has 44 heavy (non-hydrogen) atoms. The molecule has 1 aromatic heterocycles. The number of para-hydroxylation sites is 1. The van der Waals surface area contributed by atoms with Crippen molar-refractivity contribution in [3.05, 3.63) is 71.9 Å². The Hall–Kier alpha value is -4.22. The first-order valence-electron chi connectivity index (χ1n) is 15.1. The van der Waals surface area contributed by atoms with Gasteiger partial charge in [0.1, 0.15) is 11.4 Å². The zero-order valence-electron chi connectivity index (χ0n) is 26.4. The Kier molecular flexibility index (Phi) is 11.7. The Bertz CT molecular complexity index is 1460. The van der Waals surface area contributed by atoms with E-state index < -0.39 is 40.8 Å². The number of H-pyrrole nitrogens is 1. The van der Waals surface area contributed by atoms with Gasteiger partial charge in [0.05, 0.1) is 18.4 Å². The lowest BCUT2D eigenvalue weighted by Gasteiger charge is -2.36. The summed E-state index contributed by atoms with van der Waals surface area (Å²) in [6.45, 7) is 8.86. The van der Waals surface area contributed by atoms with Gasteiger partial charge in [-0.3, -0.25) is 19.2 Å². The van der Waals surface area contributed by atoms with Gasteiger partial charge in [-0.05, 0) is 70.5 Å². The van der Waals surface area contributed by atoms with Crippen molar-refractivity contribution in [2.24, 2.45) is 17.6 Å². The number of carbonyl (C=O) groups excluding carboxylic acids is 4. The topological polar surface area (TPSA) is 131 Å². The highest BCUT2D eigenvalue weighted by atomic mass is 16.6. The molecule has 1 amide bonds. The van der Waals surface area contributed by atoms with Crippen LogP contribution in [0.4, 0.5) is 0 Å². The molecule has 0 aliphatic heterocycles. The third-order valence-corrected chi connectivity index (χ3v) is 7.59. The standard InChI is InChI=1S/C36H45N3O5/c1-7-8-18-31(40)28(19-24-14-10-9-11-15-24)36(5,6)39-34(43)26(21-27-20-25-16-12-13-17-30(25)38-27)22-32(41)29(37)23-33(42)44-35(2,3)4/h1,9-17,20,26,28-29,38H,8,18-19,21-23,37H2,2-6H3,(H,39,43)/t26-,28+,29+/m1/s1. The van der Waals surface area contributed by atoms with Crippen molar-refractivity contribution >= 4 is 34.3 Å². The summed E-state index contributed by atoms with van der Waals surface area (Å²) in [4.78, 5) is 56.4. The number of rotatable bonds is 15. The summed E-state index contributed by atoms with van der Waals surface area (Å²) in [6.07, 6.45) is 6.13. The number of esters is 1. The first-order chi connectivity index (χ1) is 20.7. The Morgan fingerprint density at radius 3 is 2.23 bits per heavy atom. The van der Waals surface area contributed by atoms with Crippen LogP contribution in [0.5, 0.6) is 0 Å². The van der Waals surface area contributed by atoms with Gasteiger partial charge in [-0.25, -0.2) is 0 Å². The van der Waals surface area contributed by atoms with Gasteiger partial charge in [-0.15, -0.1) is 12.3 Å². The number of fused-ring (bicyclic) bond motifs is 1. The number of amides is 1. The highest BCUT2D eigenvalue weighted by Crippen LogP contribution is 2.27. The zero-order valence-corrected chi connectivity index (χ0v) is 26.4. The van der Waals surface area contributed by atoms with E-state index in [1.807, 2.05) is 74.5 Å². The molecule has 1 heterocycles. The van der Waals surface area contributed by atoms with Crippen LogP contribution in [-0.4, -0.2) is 45.6 Å². The van der Waals surface area contributed by atoms with Gasteiger partial charge in [0.2, 0.25) is 5.91 Å². The highest BCUT2D eigenvalue weighted by molar-refractivity contribution is 5.93. The molecule has 2 aromatic carbocycles. The highest BCUT2D eigenvalue weighted by Gasteiger charge is 2.38. The molecule has 0 radical (unpaired) electrons. The minimum atomic E-state index is -1.12. The molecule has 0 saturated carbocycles. The van der Waals surface area contributed by atoms with E-state index in [9.17, 15) is 19.2 Å². The number of ketones is 2. The van der Waals surface area contributed by atoms with Gasteiger partial charge in [-0.2, -0.15) is 0 Å². The number of carbonyl (C=O) groups is 4. The molecule has 0 aliphatic rings. The fraction of sp³-hybridized carbons (Fsp3) is 0.444. The summed E-state index contributed by atoms with van der Waals surface area (Å²) in [5.41, 5.74) is 7.13. The molecule has 234 valence electrons. The maximum atomic E-state index is 14.0. The van der Waals surface area contributed by atoms with Gasteiger partial charge in [0, 0.05) is 41.9 Å². The maximum absolute atomic E-state index is 14.0. The van der Waals surface area contributed by atoms with Gasteiger partial charge in [-0.1, -0.05) is 48.5 Å². The number of nitrogens with one attached hydrogen (secondary N) is 2. The summed E-state index contributed by atoms with van der Waals surface area (Å²) in [7, 11) is 0. The predicted octanol–water partition coefficient (Wildman–Crippen LogP) is 5.08. The maximum Gasteiger partial charge on any atom is 0.308 e. The molecule has 0 unspecified atom stereocenters. The molecule has 0 bridgehead atoms. The minimum Gasteiger partial charge on any atom is -0.460 e. The van der Waals surface area contributed by atoms with Crippen LogP contribution >= 0.6 is 0 Å². The SMILES string of the molecule is C#CCCC(=O)[C@H](Cc1ccccc1)C(C)(C)NC(=O)[C@@H](CC(=O)[C@@H](N)CC(=O)OC(C)(C)C)Cc1cc2ccccc2[nH]1. The monoisotopic (exact) mass is 599 g/mol. The van der Waals surface area contributed by atoms with E-state index in [4.69, 9.17) is 16.9 Å². The van der Waals surface area contributed by atoms with Gasteiger partial charge in [0.25, 0.3) is 0 Å². The van der Waals surface area contributed by atoms with Crippen molar-refractivity contribution in [2.75, 3.05) is 0 Å². The summed E-state index contributed by atoms with van der Waals surface area (Å²) in [5.74, 6) is -0.253. The van der Waals surface area contributed by atoms with E-state index in [1.165, 1.54) is 0 Å². The number of hydrogen-bond donors (Lipinski definition) is 3. The lowest BCUT2D eigenvalue weighted by atomic mass is 9.78. The first kappa shape index (κ1) is 34.3. The fourth-order valence-corrected chi connectivity index (χ4v) is 5.33. The average molecular weight is 600 g/mol. The fourth-order valence-electron chi connectivity index (χ4n) is 5.33. The van der Waals surface area contributed by atoms with Crippen molar-refractivity contribution in [2.45, 2.75) is 90.3 Å². The molecule has 0 aliphatic carbocycles. The summed E-state index contributed by atoms with van der Waals surface area (Å²) < 4.78 is 5.33. The number of nitrogens with two attached hydrogens (primary N) is 1. The summed E-state index contributed by atoms with van der Waals surface area (Å²) in [5, 5.41) is 4.08. The number of ether oxygens (including phenoxy) is 1. The summed E-state index contributed by atoms with van der Waals surface area (Å²) >= 11 is 0. The normalized spacial score (nSPS) is 13.8. The quantitative estimate of drug-likeness (QED) is 0.165. The van der Waals surface area contributed by atoms with Crippen LogP contribution in [0.1, 0.15) is 71.6 Å². The molecule has 8 nitrogen and oxygen atoms in total. The van der Waals surface area contributed by atoms with Crippen LogP contribution in [0.2, 0.25) is 0 Å². The molecule has 0 fully saturated rings. The second kappa shape index (κ2) is 15.0. The van der Waals surface area contributed by atoms with Crippen molar-refractivity contribution in [1.82, 2.24) is 10.3 Å². The van der Waals surface area contributed by atoms with E-state index in [-0.39, 0.29) is 37.4 Å². The van der Waals surface area contributed by atoms with Crippen LogP contribution in [0.3, 0.4) is 0 Å². The Morgan fingerprint density at radius 2 is 1.59 bits per heavy atom. The zero-order chi connectivity index (χ0) is 32.5. The second-order valence-electron chi connectivity index (χ2n) is 13.0. The van der Waals surface area contributed by atoms with E-state index >= 15 is 0 Å². The van der Waals surface area contributed by atoms with Gasteiger partial charge in [0.15, 0.2) is 5.78 Å². The van der Waals surface area contributed by atoms with Crippen molar-refractivity contribution < 1.29 is 23.9 Å². The van der Waals surface area contributed by atoms with Crippen LogP contribution in [0.15, 0.2) is 60.7 Å². The molecule has 3 atom stereocenters. The van der Waals surface area contributed by atoms with Crippen LogP contribution in [-0.2, 0) is 36.8 Å². The Labute approximate surface area is 260 Å². The lowest BCUT2D eigenvalue weighted by molar-refractivity contribution is -0.156. The minimum absolute atomic E-state index is 0.0419. The molecular weight excluding hydrogens is 554 g/mol. The molecule has 4 N–H and O–H groups in total. The number of aromatic amines is 1. The van der Waals surface area contributed by atoms with Gasteiger partial charge >= 0.3 is 5.97 Å². The predicted molar refractivity (Wildman–Crippen MR) is 172 cm³/mol. The van der Waals surface area contributed by atoms with E-state index in [2.05, 4.69) is 16.2 Å². The van der Waals surface area contributed by atoms with E-state index in [1.54, 1.807) is 20.8 Å². The molecule has 3 rings (SSSR count). The molecular formula is C36H45N3O5. The Morgan fingerprint density at radius 1 is 0.932 bits per heavy atom. The van der Waals surface area contributed by atoms with E-state index in [0.29, 0.717) is 12.8 Å². The van der Waals surface area contributed by atoms with Crippen LogP contribution < -0.4 is 11.1 Å².